The van der Waals surface area contributed by atoms with Crippen molar-refractivity contribution < 1.29 is 14.4 Å². The van der Waals surface area contributed by atoms with Gasteiger partial charge in [0.25, 0.3) is 0 Å². The van der Waals surface area contributed by atoms with Crippen LogP contribution in [0.4, 0.5) is 0 Å². The Balaban J connectivity index is 2.38. The molecule has 1 aliphatic rings. The van der Waals surface area contributed by atoms with Gasteiger partial charge in [-0.05, 0) is 19.1 Å². The van der Waals surface area contributed by atoms with E-state index in [-0.39, 0.29) is 5.88 Å². The second-order valence-corrected chi connectivity index (χ2v) is 3.85. The van der Waals surface area contributed by atoms with E-state index in [0.29, 0.717) is 23.6 Å². The summed E-state index contributed by atoms with van der Waals surface area (Å²) >= 11 is 5.70. The van der Waals surface area contributed by atoms with Gasteiger partial charge in [-0.25, -0.2) is 4.79 Å². The zero-order valence-electron chi connectivity index (χ0n) is 9.85. The van der Waals surface area contributed by atoms with Gasteiger partial charge in [0.1, 0.15) is 11.5 Å². The minimum atomic E-state index is -0.489. The Morgan fingerprint density at radius 1 is 1.44 bits per heavy atom. The number of benzene rings is 1. The zero-order valence-corrected chi connectivity index (χ0v) is 10.6. The van der Waals surface area contributed by atoms with Gasteiger partial charge in [-0.15, -0.1) is 11.6 Å². The van der Waals surface area contributed by atoms with E-state index >= 15 is 0 Å². The maximum Gasteiger partial charge on any atom is 0.367 e. The highest BCUT2D eigenvalue weighted by Crippen LogP contribution is 2.23. The summed E-state index contributed by atoms with van der Waals surface area (Å²) < 4.78 is 5.48. The van der Waals surface area contributed by atoms with E-state index in [1.54, 1.807) is 6.08 Å². The molecule has 0 bridgehead atoms. The molecule has 0 fully saturated rings. The van der Waals surface area contributed by atoms with Gasteiger partial charge in [-0.1, -0.05) is 23.4 Å². The molecule has 5 heteroatoms. The molecular formula is C13H12ClNO3. The number of para-hydroxylation sites is 1. The number of alkyl halides is 1. The quantitative estimate of drug-likeness (QED) is 0.478. The maximum absolute atomic E-state index is 11.5. The van der Waals surface area contributed by atoms with Gasteiger partial charge in [0, 0.05) is 5.56 Å². The van der Waals surface area contributed by atoms with Crippen molar-refractivity contribution in [3.8, 4) is 5.75 Å². The first kappa shape index (κ1) is 12.6. The molecule has 0 saturated heterocycles. The predicted molar refractivity (Wildman–Crippen MR) is 69.8 cm³/mol. The molecule has 0 atom stereocenters. The van der Waals surface area contributed by atoms with Crippen LogP contribution in [0.5, 0.6) is 5.75 Å². The summed E-state index contributed by atoms with van der Waals surface area (Å²) in [7, 11) is 0. The molecule has 0 spiro atoms. The average molecular weight is 266 g/mol. The molecule has 0 aliphatic carbocycles. The van der Waals surface area contributed by atoms with Crippen LogP contribution >= 0.6 is 11.6 Å². The van der Waals surface area contributed by atoms with Gasteiger partial charge in [0.2, 0.25) is 0 Å². The third-order valence-corrected chi connectivity index (χ3v) is 2.67. The van der Waals surface area contributed by atoms with Crippen LogP contribution in [0.3, 0.4) is 0 Å². The number of hydrogen-bond donors (Lipinski definition) is 0. The number of carbonyl (C=O) groups excluding carboxylic acids is 1. The third-order valence-electron chi connectivity index (χ3n) is 2.41. The molecule has 0 unspecified atom stereocenters. The first-order chi connectivity index (χ1) is 8.76. The minimum absolute atomic E-state index is 0.133. The largest absolute Gasteiger partial charge is 0.493 e. The van der Waals surface area contributed by atoms with Gasteiger partial charge < -0.3 is 9.57 Å². The lowest BCUT2D eigenvalue weighted by Crippen LogP contribution is -2.06. The van der Waals surface area contributed by atoms with Gasteiger partial charge in [-0.3, -0.25) is 0 Å². The van der Waals surface area contributed by atoms with E-state index in [1.165, 1.54) is 0 Å². The number of hydrogen-bond acceptors (Lipinski definition) is 4. The van der Waals surface area contributed by atoms with Crippen molar-refractivity contribution in [1.82, 2.24) is 0 Å². The highest BCUT2D eigenvalue weighted by atomic mass is 35.5. The van der Waals surface area contributed by atoms with E-state index in [4.69, 9.17) is 16.3 Å². The second kappa shape index (κ2) is 5.69. The predicted octanol–water partition coefficient (Wildman–Crippen LogP) is 2.62. The normalized spacial score (nSPS) is 16.7. The van der Waals surface area contributed by atoms with Crippen molar-refractivity contribution in [3.05, 3.63) is 35.4 Å². The molecule has 94 valence electrons. The summed E-state index contributed by atoms with van der Waals surface area (Å²) in [6.45, 7) is 2.46. The smallest absolute Gasteiger partial charge is 0.367 e. The van der Waals surface area contributed by atoms with E-state index < -0.39 is 5.97 Å². The summed E-state index contributed by atoms with van der Waals surface area (Å²) in [5.74, 6) is 0.354. The first-order valence-corrected chi connectivity index (χ1v) is 6.07. The molecule has 0 amide bonds. The minimum Gasteiger partial charge on any atom is -0.493 e. The Morgan fingerprint density at radius 3 is 2.94 bits per heavy atom. The molecule has 0 N–H and O–H groups in total. The van der Waals surface area contributed by atoms with Crippen molar-refractivity contribution in [2.24, 2.45) is 5.16 Å². The van der Waals surface area contributed by atoms with E-state index in [1.807, 2.05) is 31.2 Å². The van der Waals surface area contributed by atoms with Crippen LogP contribution in [0.1, 0.15) is 12.5 Å². The van der Waals surface area contributed by atoms with Gasteiger partial charge >= 0.3 is 5.97 Å². The number of carbonyl (C=O) groups is 1. The van der Waals surface area contributed by atoms with Crippen LogP contribution in [-0.2, 0) is 9.63 Å². The highest BCUT2D eigenvalue weighted by molar-refractivity contribution is 6.38. The molecule has 1 aromatic rings. The zero-order chi connectivity index (χ0) is 13.0. The SMILES string of the molecule is CCOc1ccccc1/C=C1/C(=O)ON=C1CCl. The topological polar surface area (TPSA) is 47.9 Å². The first-order valence-electron chi connectivity index (χ1n) is 5.54. The lowest BCUT2D eigenvalue weighted by atomic mass is 10.1. The number of oxime groups is 1. The molecule has 0 aromatic heterocycles. The third kappa shape index (κ3) is 2.54. The number of halogens is 1. The second-order valence-electron chi connectivity index (χ2n) is 3.58. The summed E-state index contributed by atoms with van der Waals surface area (Å²) in [5.41, 5.74) is 1.61. The molecule has 4 nitrogen and oxygen atoms in total. The van der Waals surface area contributed by atoms with Gasteiger partial charge in [0.05, 0.1) is 18.1 Å². The van der Waals surface area contributed by atoms with Crippen molar-refractivity contribution in [1.29, 1.82) is 0 Å². The van der Waals surface area contributed by atoms with Gasteiger partial charge in [0.15, 0.2) is 0 Å². The number of rotatable bonds is 4. The number of nitrogens with zero attached hydrogens (tertiary/aromatic N) is 1. The Hall–Kier alpha value is -1.81. The lowest BCUT2D eigenvalue weighted by Gasteiger charge is -2.06. The van der Waals surface area contributed by atoms with Crippen LogP contribution in [0, 0.1) is 0 Å². The fourth-order valence-electron chi connectivity index (χ4n) is 1.59. The molecule has 1 aromatic carbocycles. The summed E-state index contributed by atoms with van der Waals surface area (Å²) in [6, 6.07) is 7.44. The van der Waals surface area contributed by atoms with Gasteiger partial charge in [-0.2, -0.15) is 0 Å². The standard InChI is InChI=1S/C13H12ClNO3/c1-2-17-12-6-4-3-5-9(12)7-10-11(8-14)15-18-13(10)16/h3-7H,2,8H2,1H3/b10-7+. The van der Waals surface area contributed by atoms with Crippen LogP contribution < -0.4 is 4.74 Å². The Morgan fingerprint density at radius 2 is 2.22 bits per heavy atom. The van der Waals surface area contributed by atoms with E-state index in [9.17, 15) is 4.79 Å². The van der Waals surface area contributed by atoms with Crippen LogP contribution in [0.25, 0.3) is 6.08 Å². The Bertz CT molecular complexity index is 523. The molecule has 1 heterocycles. The van der Waals surface area contributed by atoms with Crippen molar-refractivity contribution >= 4 is 29.4 Å². The molecular weight excluding hydrogens is 254 g/mol. The van der Waals surface area contributed by atoms with Crippen LogP contribution in [0.15, 0.2) is 35.0 Å². The average Bonchev–Trinajstić information content (AvgIpc) is 2.73. The molecule has 1 aliphatic heterocycles. The van der Waals surface area contributed by atoms with Crippen LogP contribution in [-0.4, -0.2) is 24.2 Å². The lowest BCUT2D eigenvalue weighted by molar-refractivity contribution is -0.136. The Labute approximate surface area is 110 Å². The fourth-order valence-corrected chi connectivity index (χ4v) is 1.79. The Kier molecular flexibility index (Phi) is 3.99. The molecule has 0 saturated carbocycles. The highest BCUT2D eigenvalue weighted by Gasteiger charge is 2.24. The molecule has 0 radical (unpaired) electrons. The monoisotopic (exact) mass is 265 g/mol. The van der Waals surface area contributed by atoms with Crippen molar-refractivity contribution in [2.75, 3.05) is 12.5 Å². The summed E-state index contributed by atoms with van der Waals surface area (Å²) in [5, 5.41) is 3.61. The van der Waals surface area contributed by atoms with Crippen molar-refractivity contribution in [2.45, 2.75) is 6.92 Å². The van der Waals surface area contributed by atoms with Crippen LogP contribution in [0.2, 0.25) is 0 Å². The summed E-state index contributed by atoms with van der Waals surface area (Å²) in [4.78, 5) is 16.1. The molecule has 18 heavy (non-hydrogen) atoms. The summed E-state index contributed by atoms with van der Waals surface area (Å²) in [6.07, 6.45) is 1.68. The number of ether oxygens (including phenoxy) is 1. The van der Waals surface area contributed by atoms with E-state index in [0.717, 1.165) is 5.56 Å². The van der Waals surface area contributed by atoms with Crippen molar-refractivity contribution in [3.63, 3.8) is 0 Å². The van der Waals surface area contributed by atoms with E-state index in [2.05, 4.69) is 9.99 Å². The maximum atomic E-state index is 11.5. The fraction of sp³-hybridized carbons (Fsp3) is 0.231. The molecule has 2 rings (SSSR count).